The number of methoxy groups -OCH3 is 1. The molecule has 25 heavy (non-hydrogen) atoms. The van der Waals surface area contributed by atoms with Crippen LogP contribution in [0.2, 0.25) is 0 Å². The van der Waals surface area contributed by atoms with E-state index in [1.54, 1.807) is 7.11 Å². The Kier molecular flexibility index (Phi) is 5.71. The molecule has 2 heterocycles. The summed E-state index contributed by atoms with van der Waals surface area (Å²) in [5.74, 6) is 0.836. The number of aromatic nitrogens is 1. The second-order valence-electron chi connectivity index (χ2n) is 6.42. The van der Waals surface area contributed by atoms with Gasteiger partial charge in [0.15, 0.2) is 0 Å². The molecule has 1 fully saturated rings. The van der Waals surface area contributed by atoms with Crippen LogP contribution in [-0.4, -0.2) is 49.1 Å². The van der Waals surface area contributed by atoms with Crippen LogP contribution in [0.1, 0.15) is 33.8 Å². The lowest BCUT2D eigenvalue weighted by atomic mass is 10.1. The van der Waals surface area contributed by atoms with Gasteiger partial charge < -0.3 is 15.0 Å². The van der Waals surface area contributed by atoms with Crippen molar-refractivity contribution >= 4 is 17.2 Å². The fourth-order valence-electron chi connectivity index (χ4n) is 3.16. The molecule has 1 aliphatic heterocycles. The van der Waals surface area contributed by atoms with Crippen molar-refractivity contribution in [3.8, 4) is 16.3 Å². The van der Waals surface area contributed by atoms with Gasteiger partial charge in [0, 0.05) is 18.7 Å². The van der Waals surface area contributed by atoms with E-state index >= 15 is 0 Å². The zero-order valence-corrected chi connectivity index (χ0v) is 15.9. The minimum atomic E-state index is -0.0225. The average molecular weight is 359 g/mol. The normalized spacial score (nSPS) is 14.7. The number of ether oxygens (including phenoxy) is 1. The summed E-state index contributed by atoms with van der Waals surface area (Å²) in [6.45, 7) is 7.81. The molecular formula is C19H25N3O2S. The van der Waals surface area contributed by atoms with Crippen molar-refractivity contribution in [2.45, 2.75) is 26.7 Å². The first kappa shape index (κ1) is 17.9. The lowest BCUT2D eigenvalue weighted by Gasteiger charge is -2.14. The number of hydrogen-bond acceptors (Lipinski definition) is 5. The van der Waals surface area contributed by atoms with Crippen LogP contribution < -0.4 is 10.1 Å². The van der Waals surface area contributed by atoms with E-state index in [2.05, 4.69) is 15.2 Å². The molecule has 3 rings (SSSR count). The molecule has 6 heteroatoms. The van der Waals surface area contributed by atoms with E-state index < -0.39 is 0 Å². The minimum Gasteiger partial charge on any atom is -0.496 e. The molecule has 0 spiro atoms. The standard InChI is InChI=1S/C19H25N3O2S/c1-13-12-15(6-7-16(13)24-3)19-21-14(2)17(25-19)18(23)20-8-11-22-9-4-5-10-22/h6-7,12H,4-5,8-11H2,1-3H3,(H,20,23). The second-order valence-corrected chi connectivity index (χ2v) is 7.42. The van der Waals surface area contributed by atoms with E-state index in [9.17, 15) is 4.79 Å². The highest BCUT2D eigenvalue weighted by Crippen LogP contribution is 2.31. The molecule has 0 aliphatic carbocycles. The maximum Gasteiger partial charge on any atom is 0.263 e. The number of likely N-dealkylation sites (tertiary alicyclic amines) is 1. The van der Waals surface area contributed by atoms with Gasteiger partial charge in [0.25, 0.3) is 5.91 Å². The highest BCUT2D eigenvalue weighted by atomic mass is 32.1. The minimum absolute atomic E-state index is 0.0225. The molecule has 0 unspecified atom stereocenters. The highest BCUT2D eigenvalue weighted by molar-refractivity contribution is 7.17. The molecule has 1 aliphatic rings. The van der Waals surface area contributed by atoms with Gasteiger partial charge in [0.2, 0.25) is 0 Å². The van der Waals surface area contributed by atoms with E-state index in [1.165, 1.54) is 24.2 Å². The quantitative estimate of drug-likeness (QED) is 0.860. The summed E-state index contributed by atoms with van der Waals surface area (Å²) in [7, 11) is 1.67. The highest BCUT2D eigenvalue weighted by Gasteiger charge is 2.17. The van der Waals surface area contributed by atoms with Gasteiger partial charge in [-0.3, -0.25) is 4.79 Å². The summed E-state index contributed by atoms with van der Waals surface area (Å²) in [5, 5.41) is 3.90. The summed E-state index contributed by atoms with van der Waals surface area (Å²) in [6.07, 6.45) is 2.54. The number of amides is 1. The van der Waals surface area contributed by atoms with Crippen molar-refractivity contribution in [1.29, 1.82) is 0 Å². The number of aryl methyl sites for hydroxylation is 2. The zero-order valence-electron chi connectivity index (χ0n) is 15.1. The van der Waals surface area contributed by atoms with Crippen molar-refractivity contribution in [3.05, 3.63) is 34.3 Å². The van der Waals surface area contributed by atoms with E-state index in [-0.39, 0.29) is 5.91 Å². The Hall–Kier alpha value is -1.92. The number of hydrogen-bond donors (Lipinski definition) is 1. The molecule has 1 amide bonds. The number of carbonyl (C=O) groups is 1. The smallest absolute Gasteiger partial charge is 0.263 e. The first-order valence-electron chi connectivity index (χ1n) is 8.71. The van der Waals surface area contributed by atoms with Crippen LogP contribution >= 0.6 is 11.3 Å². The van der Waals surface area contributed by atoms with E-state index in [1.807, 2.05) is 32.0 Å². The van der Waals surface area contributed by atoms with Gasteiger partial charge in [-0.05, 0) is 63.5 Å². The Morgan fingerprint density at radius 2 is 2.08 bits per heavy atom. The van der Waals surface area contributed by atoms with Gasteiger partial charge in [0.1, 0.15) is 15.6 Å². The molecule has 1 aromatic carbocycles. The molecule has 1 saturated heterocycles. The summed E-state index contributed by atoms with van der Waals surface area (Å²) in [6, 6.07) is 5.97. The maximum absolute atomic E-state index is 12.5. The molecule has 1 aromatic heterocycles. The Bertz CT molecular complexity index is 751. The molecular weight excluding hydrogens is 334 g/mol. The fourth-order valence-corrected chi connectivity index (χ4v) is 4.14. The first-order valence-corrected chi connectivity index (χ1v) is 9.53. The molecule has 0 saturated carbocycles. The van der Waals surface area contributed by atoms with Crippen LogP contribution in [0.5, 0.6) is 5.75 Å². The number of nitrogens with one attached hydrogen (secondary N) is 1. The number of benzene rings is 1. The second kappa shape index (κ2) is 7.97. The van der Waals surface area contributed by atoms with Crippen molar-refractivity contribution in [2.24, 2.45) is 0 Å². The Morgan fingerprint density at radius 3 is 2.76 bits per heavy atom. The van der Waals surface area contributed by atoms with Crippen LogP contribution in [-0.2, 0) is 0 Å². The zero-order chi connectivity index (χ0) is 17.8. The molecule has 0 atom stereocenters. The summed E-state index contributed by atoms with van der Waals surface area (Å²) < 4.78 is 5.30. The molecule has 5 nitrogen and oxygen atoms in total. The third-order valence-electron chi connectivity index (χ3n) is 4.56. The van der Waals surface area contributed by atoms with Crippen molar-refractivity contribution < 1.29 is 9.53 Å². The first-order chi connectivity index (χ1) is 12.1. The topological polar surface area (TPSA) is 54.5 Å². The van der Waals surface area contributed by atoms with Gasteiger partial charge in [0.05, 0.1) is 12.8 Å². The van der Waals surface area contributed by atoms with Crippen molar-refractivity contribution in [1.82, 2.24) is 15.2 Å². The van der Waals surface area contributed by atoms with Gasteiger partial charge in [-0.15, -0.1) is 11.3 Å². The third kappa shape index (κ3) is 4.19. The van der Waals surface area contributed by atoms with Crippen LogP contribution in [0.3, 0.4) is 0 Å². The predicted molar refractivity (Wildman–Crippen MR) is 102 cm³/mol. The average Bonchev–Trinajstić information content (AvgIpc) is 3.24. The van der Waals surface area contributed by atoms with Crippen LogP contribution in [0.25, 0.3) is 10.6 Å². The fraction of sp³-hybridized carbons (Fsp3) is 0.474. The lowest BCUT2D eigenvalue weighted by molar-refractivity contribution is 0.0953. The number of thiazole rings is 1. The van der Waals surface area contributed by atoms with Gasteiger partial charge in [-0.2, -0.15) is 0 Å². The number of nitrogens with zero attached hydrogens (tertiary/aromatic N) is 2. The largest absolute Gasteiger partial charge is 0.496 e. The Labute approximate surface area is 153 Å². The molecule has 134 valence electrons. The summed E-state index contributed by atoms with van der Waals surface area (Å²) >= 11 is 1.45. The van der Waals surface area contributed by atoms with Gasteiger partial charge >= 0.3 is 0 Å². The Morgan fingerprint density at radius 1 is 1.32 bits per heavy atom. The van der Waals surface area contributed by atoms with Crippen LogP contribution in [0, 0.1) is 13.8 Å². The number of carbonyl (C=O) groups excluding carboxylic acids is 1. The van der Waals surface area contributed by atoms with Crippen LogP contribution in [0.4, 0.5) is 0 Å². The summed E-state index contributed by atoms with van der Waals surface area (Å²) in [5.41, 5.74) is 2.86. The van der Waals surface area contributed by atoms with Crippen molar-refractivity contribution in [3.63, 3.8) is 0 Å². The van der Waals surface area contributed by atoms with E-state index in [4.69, 9.17) is 4.74 Å². The van der Waals surface area contributed by atoms with Gasteiger partial charge in [-0.25, -0.2) is 4.98 Å². The monoisotopic (exact) mass is 359 g/mol. The molecule has 2 aromatic rings. The van der Waals surface area contributed by atoms with Gasteiger partial charge in [-0.1, -0.05) is 0 Å². The molecule has 0 bridgehead atoms. The maximum atomic E-state index is 12.5. The summed E-state index contributed by atoms with van der Waals surface area (Å²) in [4.78, 5) is 20.2. The number of rotatable bonds is 6. The SMILES string of the molecule is COc1ccc(-c2nc(C)c(C(=O)NCCN3CCCC3)s2)cc1C. The molecule has 0 radical (unpaired) electrons. The van der Waals surface area contributed by atoms with E-state index in [0.29, 0.717) is 11.4 Å². The predicted octanol–water partition coefficient (Wildman–Crippen LogP) is 3.26. The van der Waals surface area contributed by atoms with E-state index in [0.717, 1.165) is 47.2 Å². The lowest BCUT2D eigenvalue weighted by Crippen LogP contribution is -2.33. The third-order valence-corrected chi connectivity index (χ3v) is 5.76. The van der Waals surface area contributed by atoms with Crippen molar-refractivity contribution in [2.75, 3.05) is 33.3 Å². The van der Waals surface area contributed by atoms with Crippen LogP contribution in [0.15, 0.2) is 18.2 Å². The molecule has 1 N–H and O–H groups in total. The Balaban J connectivity index is 1.66.